The van der Waals surface area contributed by atoms with Crippen LogP contribution < -0.4 is 5.32 Å². The lowest BCUT2D eigenvalue weighted by molar-refractivity contribution is 0.122. The number of hydrogen-bond donors (Lipinski definition) is 1. The van der Waals surface area contributed by atoms with Crippen LogP contribution in [0.3, 0.4) is 0 Å². The molecule has 1 N–H and O–H groups in total. The van der Waals surface area contributed by atoms with E-state index in [1.807, 2.05) is 0 Å². The summed E-state index contributed by atoms with van der Waals surface area (Å²) in [5.41, 5.74) is 0.699. The van der Waals surface area contributed by atoms with Crippen LogP contribution in [0.5, 0.6) is 0 Å². The fraction of sp³-hybridized carbons (Fsp3) is 1.00. The Balaban J connectivity index is 1.62. The Bertz CT molecular complexity index is 182. The van der Waals surface area contributed by atoms with Gasteiger partial charge in [0.25, 0.3) is 0 Å². The van der Waals surface area contributed by atoms with Crippen LogP contribution in [-0.4, -0.2) is 13.1 Å². The highest BCUT2D eigenvalue weighted by Gasteiger charge is 2.34. The lowest BCUT2D eigenvalue weighted by Gasteiger charge is -2.41. The molecule has 2 aliphatic rings. The minimum Gasteiger partial charge on any atom is -0.316 e. The molecular weight excluding hydrogens is 194 g/mol. The molecular formula is C15H29N. The molecule has 0 amide bonds. The van der Waals surface area contributed by atoms with E-state index in [0.29, 0.717) is 5.41 Å². The molecule has 2 rings (SSSR count). The zero-order valence-corrected chi connectivity index (χ0v) is 11.1. The van der Waals surface area contributed by atoms with Gasteiger partial charge in [0.05, 0.1) is 0 Å². The van der Waals surface area contributed by atoms with Gasteiger partial charge in [-0.3, -0.25) is 0 Å². The van der Waals surface area contributed by atoms with Crippen molar-refractivity contribution in [1.82, 2.24) is 5.32 Å². The molecule has 0 aromatic rings. The van der Waals surface area contributed by atoms with Crippen molar-refractivity contribution >= 4 is 0 Å². The third kappa shape index (κ3) is 3.23. The molecule has 94 valence electrons. The largest absolute Gasteiger partial charge is 0.316 e. The molecule has 2 saturated carbocycles. The maximum atomic E-state index is 3.78. The second kappa shape index (κ2) is 6.05. The first-order valence-electron chi connectivity index (χ1n) is 7.55. The maximum Gasteiger partial charge on any atom is 0.000782 e. The average Bonchev–Trinajstić information content (AvgIpc) is 2.50. The Hall–Kier alpha value is -0.0400. The first kappa shape index (κ1) is 12.4. The zero-order valence-electron chi connectivity index (χ0n) is 11.1. The summed E-state index contributed by atoms with van der Waals surface area (Å²) in [7, 11) is 0. The van der Waals surface area contributed by atoms with Crippen LogP contribution >= 0.6 is 0 Å². The fourth-order valence-corrected chi connectivity index (χ4v) is 3.44. The van der Waals surface area contributed by atoms with Gasteiger partial charge in [0.2, 0.25) is 0 Å². The standard InChI is InChI=1S/C15H29N/c1-2-15(10-7-11-15)13-16-12-14-8-5-3-4-6-9-14/h14,16H,2-13H2,1H3. The molecule has 2 aliphatic carbocycles. The van der Waals surface area contributed by atoms with Gasteiger partial charge < -0.3 is 5.32 Å². The average molecular weight is 223 g/mol. The third-order valence-corrected chi connectivity index (χ3v) is 5.07. The Morgan fingerprint density at radius 1 is 1.00 bits per heavy atom. The summed E-state index contributed by atoms with van der Waals surface area (Å²) in [6.07, 6.45) is 14.7. The van der Waals surface area contributed by atoms with Crippen molar-refractivity contribution in [3.05, 3.63) is 0 Å². The Morgan fingerprint density at radius 3 is 2.19 bits per heavy atom. The van der Waals surface area contributed by atoms with E-state index in [1.165, 1.54) is 77.3 Å². The third-order valence-electron chi connectivity index (χ3n) is 5.07. The van der Waals surface area contributed by atoms with Crippen LogP contribution in [-0.2, 0) is 0 Å². The van der Waals surface area contributed by atoms with Crippen LogP contribution in [0.15, 0.2) is 0 Å². The molecule has 0 unspecified atom stereocenters. The van der Waals surface area contributed by atoms with Gasteiger partial charge in [-0.15, -0.1) is 0 Å². The lowest BCUT2D eigenvalue weighted by Crippen LogP contribution is -2.40. The van der Waals surface area contributed by atoms with Gasteiger partial charge in [-0.25, -0.2) is 0 Å². The van der Waals surface area contributed by atoms with E-state index < -0.39 is 0 Å². The van der Waals surface area contributed by atoms with Crippen molar-refractivity contribution in [1.29, 1.82) is 0 Å². The second-order valence-electron chi connectivity index (χ2n) is 6.20. The molecule has 0 heterocycles. The predicted octanol–water partition coefficient (Wildman–Crippen LogP) is 4.13. The van der Waals surface area contributed by atoms with Gasteiger partial charge in [-0.05, 0) is 50.0 Å². The fourth-order valence-electron chi connectivity index (χ4n) is 3.44. The summed E-state index contributed by atoms with van der Waals surface area (Å²) in [6, 6.07) is 0. The molecule has 0 spiro atoms. The Morgan fingerprint density at radius 2 is 1.69 bits per heavy atom. The SMILES string of the molecule is CCC1(CNCC2CCCCCC2)CCC1. The van der Waals surface area contributed by atoms with Crippen molar-refractivity contribution in [2.24, 2.45) is 11.3 Å². The quantitative estimate of drug-likeness (QED) is 0.691. The van der Waals surface area contributed by atoms with Gasteiger partial charge in [0.1, 0.15) is 0 Å². The van der Waals surface area contributed by atoms with Gasteiger partial charge >= 0.3 is 0 Å². The van der Waals surface area contributed by atoms with E-state index in [-0.39, 0.29) is 0 Å². The van der Waals surface area contributed by atoms with E-state index in [9.17, 15) is 0 Å². The minimum absolute atomic E-state index is 0.699. The molecule has 0 saturated heterocycles. The van der Waals surface area contributed by atoms with Gasteiger partial charge in [0.15, 0.2) is 0 Å². The van der Waals surface area contributed by atoms with Gasteiger partial charge in [-0.2, -0.15) is 0 Å². The van der Waals surface area contributed by atoms with Crippen LogP contribution in [0.4, 0.5) is 0 Å². The van der Waals surface area contributed by atoms with Crippen molar-refractivity contribution in [3.63, 3.8) is 0 Å². The molecule has 1 nitrogen and oxygen atoms in total. The first-order chi connectivity index (χ1) is 7.85. The number of nitrogens with one attached hydrogen (secondary N) is 1. The molecule has 0 radical (unpaired) electrons. The van der Waals surface area contributed by atoms with Crippen LogP contribution in [0.2, 0.25) is 0 Å². The number of rotatable bonds is 5. The van der Waals surface area contributed by atoms with Crippen LogP contribution in [0, 0.1) is 11.3 Å². The minimum atomic E-state index is 0.699. The van der Waals surface area contributed by atoms with Gasteiger partial charge in [0, 0.05) is 6.54 Å². The maximum absolute atomic E-state index is 3.78. The molecule has 1 heteroatoms. The molecule has 0 aliphatic heterocycles. The molecule has 0 aromatic carbocycles. The Labute approximate surface area is 101 Å². The van der Waals surface area contributed by atoms with E-state index in [4.69, 9.17) is 0 Å². The summed E-state index contributed by atoms with van der Waals surface area (Å²) in [5, 5.41) is 3.78. The molecule has 0 atom stereocenters. The van der Waals surface area contributed by atoms with Crippen LogP contribution in [0.1, 0.15) is 71.1 Å². The summed E-state index contributed by atoms with van der Waals surface area (Å²) >= 11 is 0. The first-order valence-corrected chi connectivity index (χ1v) is 7.55. The molecule has 16 heavy (non-hydrogen) atoms. The smallest absolute Gasteiger partial charge is 0.000782 e. The van der Waals surface area contributed by atoms with Crippen molar-refractivity contribution in [2.75, 3.05) is 13.1 Å². The molecule has 0 bridgehead atoms. The summed E-state index contributed by atoms with van der Waals surface area (Å²) in [4.78, 5) is 0. The molecule has 0 aromatic heterocycles. The number of hydrogen-bond acceptors (Lipinski definition) is 1. The Kier molecular flexibility index (Phi) is 4.69. The van der Waals surface area contributed by atoms with E-state index in [0.717, 1.165) is 5.92 Å². The van der Waals surface area contributed by atoms with E-state index >= 15 is 0 Å². The van der Waals surface area contributed by atoms with E-state index in [2.05, 4.69) is 12.2 Å². The predicted molar refractivity (Wildman–Crippen MR) is 70.6 cm³/mol. The highest BCUT2D eigenvalue weighted by Crippen LogP contribution is 2.43. The topological polar surface area (TPSA) is 12.0 Å². The monoisotopic (exact) mass is 223 g/mol. The summed E-state index contributed by atoms with van der Waals surface area (Å²) in [6.45, 7) is 4.95. The summed E-state index contributed by atoms with van der Waals surface area (Å²) < 4.78 is 0. The van der Waals surface area contributed by atoms with Crippen molar-refractivity contribution in [3.8, 4) is 0 Å². The highest BCUT2D eigenvalue weighted by molar-refractivity contribution is 4.88. The molecule has 2 fully saturated rings. The highest BCUT2D eigenvalue weighted by atomic mass is 14.9. The van der Waals surface area contributed by atoms with Gasteiger partial charge in [-0.1, -0.05) is 39.0 Å². The normalized spacial score (nSPS) is 26.1. The summed E-state index contributed by atoms with van der Waals surface area (Å²) in [5.74, 6) is 0.983. The zero-order chi connectivity index (χ0) is 11.3. The van der Waals surface area contributed by atoms with Crippen LogP contribution in [0.25, 0.3) is 0 Å². The van der Waals surface area contributed by atoms with Crippen molar-refractivity contribution < 1.29 is 0 Å². The van der Waals surface area contributed by atoms with E-state index in [1.54, 1.807) is 0 Å². The van der Waals surface area contributed by atoms with Crippen molar-refractivity contribution in [2.45, 2.75) is 71.1 Å². The lowest BCUT2D eigenvalue weighted by atomic mass is 9.67. The second-order valence-corrected chi connectivity index (χ2v) is 6.20.